The average Bonchev–Trinajstić information content (AvgIpc) is 3.60. The summed E-state index contributed by atoms with van der Waals surface area (Å²) in [5, 5.41) is 0.101. The Morgan fingerprint density at radius 1 is 1.13 bits per heavy atom. The summed E-state index contributed by atoms with van der Waals surface area (Å²) >= 11 is 1.89. The molecule has 2 fully saturated rings. The van der Waals surface area contributed by atoms with Crippen LogP contribution in [0.2, 0.25) is 0 Å². The Morgan fingerprint density at radius 2 is 1.84 bits per heavy atom. The lowest BCUT2D eigenvalue weighted by molar-refractivity contribution is -0.161. The predicted octanol–water partition coefficient (Wildman–Crippen LogP) is 6.28. The fourth-order valence-corrected chi connectivity index (χ4v) is 9.10. The summed E-state index contributed by atoms with van der Waals surface area (Å²) in [4.78, 5) is 26.0. The van der Waals surface area contributed by atoms with Crippen LogP contribution < -0.4 is 18.4 Å². The highest BCUT2D eigenvalue weighted by Gasteiger charge is 2.64. The molecule has 3 unspecified atom stereocenters. The van der Waals surface area contributed by atoms with Gasteiger partial charge in [-0.3, -0.25) is 4.79 Å². The molecule has 5 rings (SSSR count). The van der Waals surface area contributed by atoms with Gasteiger partial charge < -0.3 is 27.8 Å². The first-order valence-corrected chi connectivity index (χ1v) is 18.6. The zero-order chi connectivity index (χ0) is 32.4. The topological polar surface area (TPSA) is 109 Å². The maximum Gasteiger partial charge on any atom is 0.330 e. The molecule has 248 valence electrons. The first kappa shape index (κ1) is 35.6. The van der Waals surface area contributed by atoms with E-state index in [2.05, 4.69) is 18.6 Å². The lowest BCUT2D eigenvalue weighted by atomic mass is 9.96. The van der Waals surface area contributed by atoms with Gasteiger partial charge in [0.05, 0.1) is 7.11 Å². The maximum absolute atomic E-state index is 12.4. The Kier molecular flexibility index (Phi) is 13.5. The Labute approximate surface area is 279 Å². The van der Waals surface area contributed by atoms with Gasteiger partial charge in [-0.05, 0) is 63.4 Å². The van der Waals surface area contributed by atoms with Crippen LogP contribution >= 0.6 is 24.0 Å². The zero-order valence-electron chi connectivity index (χ0n) is 26.8. The van der Waals surface area contributed by atoms with Gasteiger partial charge in [-0.25, -0.2) is 9.52 Å². The van der Waals surface area contributed by atoms with Gasteiger partial charge in [0.1, 0.15) is 46.4 Å². The standard InChI is InChI=1S/C18H28O3S.C15H18N2O4S2/c1-3-4-5-6-7-8-11-22(19)15(2)12-16-9-10-17-18(13-16)21-14-20-17;1-15(2)11(14(19)20-3)17-12(18)10(13(17)22-15)16-23-21-9-7-5-4-6-8-9/h9-10,13,15H,3-8,11-12,14H2,1-2H3;4-8,10-11,13,16H,1-3H3/t;10?,11-,13+/m.0/s1. The second-order valence-electron chi connectivity index (χ2n) is 11.9. The van der Waals surface area contributed by atoms with Crippen molar-refractivity contribution in [2.45, 2.75) is 100 Å². The van der Waals surface area contributed by atoms with Crippen molar-refractivity contribution in [1.29, 1.82) is 0 Å². The van der Waals surface area contributed by atoms with E-state index in [0.29, 0.717) is 12.5 Å². The monoisotopic (exact) mass is 678 g/mol. The number of fused-ring (bicyclic) bond motifs is 2. The number of methoxy groups -OCH3 is 1. The molecule has 0 aromatic heterocycles. The van der Waals surface area contributed by atoms with Gasteiger partial charge in [0, 0.05) is 11.2 Å². The lowest BCUT2D eigenvalue weighted by Gasteiger charge is -2.43. The summed E-state index contributed by atoms with van der Waals surface area (Å²) in [6, 6.07) is 14.4. The second kappa shape index (κ2) is 17.1. The van der Waals surface area contributed by atoms with E-state index in [1.807, 2.05) is 62.4 Å². The van der Waals surface area contributed by atoms with Crippen molar-refractivity contribution in [3.8, 4) is 17.2 Å². The second-order valence-corrected chi connectivity index (χ2v) is 16.2. The number of ether oxygens (including phenoxy) is 3. The number of esters is 1. The van der Waals surface area contributed by atoms with E-state index >= 15 is 0 Å². The number of hydrogen-bond acceptors (Lipinski definition) is 10. The Hall–Kier alpha value is -2.25. The average molecular weight is 679 g/mol. The zero-order valence-corrected chi connectivity index (χ0v) is 29.3. The number of para-hydroxylation sites is 1. The molecule has 0 spiro atoms. The molecule has 2 aromatic carbocycles. The molecule has 0 radical (unpaired) electrons. The number of carbonyl (C=O) groups is 2. The molecule has 0 saturated carbocycles. The molecule has 3 aliphatic heterocycles. The number of amides is 1. The molecule has 12 heteroatoms. The van der Waals surface area contributed by atoms with Crippen LogP contribution in [-0.2, 0) is 31.9 Å². The summed E-state index contributed by atoms with van der Waals surface area (Å²) in [5.74, 6) is 2.69. The number of thioether (sulfide) groups is 1. The van der Waals surface area contributed by atoms with E-state index in [-0.39, 0.29) is 33.3 Å². The van der Waals surface area contributed by atoms with Crippen LogP contribution in [-0.4, -0.2) is 68.4 Å². The number of hydrogen-bond donors (Lipinski definition) is 1. The highest BCUT2D eigenvalue weighted by Crippen LogP contribution is 2.51. The van der Waals surface area contributed by atoms with Crippen molar-refractivity contribution in [3.63, 3.8) is 0 Å². The summed E-state index contributed by atoms with van der Waals surface area (Å²) in [6.07, 6.45) is 8.32. The molecule has 3 heterocycles. The van der Waals surface area contributed by atoms with Crippen LogP contribution in [0, 0.1) is 0 Å². The van der Waals surface area contributed by atoms with Crippen molar-refractivity contribution >= 4 is 47.0 Å². The van der Waals surface area contributed by atoms with Crippen molar-refractivity contribution in [3.05, 3.63) is 54.1 Å². The molecule has 5 atom stereocenters. The lowest BCUT2D eigenvalue weighted by Crippen LogP contribution is -2.69. The maximum atomic E-state index is 12.4. The summed E-state index contributed by atoms with van der Waals surface area (Å²) in [7, 11) is 1.35. The van der Waals surface area contributed by atoms with Gasteiger partial charge in [-0.15, -0.1) is 11.8 Å². The van der Waals surface area contributed by atoms with E-state index in [0.717, 1.165) is 42.3 Å². The van der Waals surface area contributed by atoms with Crippen LogP contribution in [0.3, 0.4) is 0 Å². The molecule has 1 N–H and O–H groups in total. The van der Waals surface area contributed by atoms with Gasteiger partial charge in [-0.2, -0.15) is 0 Å². The van der Waals surface area contributed by atoms with E-state index in [4.69, 9.17) is 18.4 Å². The molecular formula is C33H46N2O7S3. The molecule has 2 saturated heterocycles. The minimum absolute atomic E-state index is 0.0894. The largest absolute Gasteiger partial charge is 0.616 e. The van der Waals surface area contributed by atoms with Crippen LogP contribution in [0.15, 0.2) is 48.5 Å². The molecule has 0 aliphatic carbocycles. The highest BCUT2D eigenvalue weighted by atomic mass is 32.2. The molecule has 3 aliphatic rings. The molecule has 45 heavy (non-hydrogen) atoms. The third kappa shape index (κ3) is 9.41. The first-order valence-electron chi connectivity index (χ1n) is 15.6. The number of rotatable bonds is 15. The Morgan fingerprint density at radius 3 is 2.58 bits per heavy atom. The van der Waals surface area contributed by atoms with Crippen LogP contribution in [0.5, 0.6) is 17.2 Å². The van der Waals surface area contributed by atoms with Crippen molar-refractivity contribution < 1.29 is 32.5 Å². The fraction of sp³-hybridized carbons (Fsp3) is 0.576. The van der Waals surface area contributed by atoms with Crippen molar-refractivity contribution in [1.82, 2.24) is 9.62 Å². The summed E-state index contributed by atoms with van der Waals surface area (Å²) in [6.45, 7) is 8.52. The van der Waals surface area contributed by atoms with Crippen molar-refractivity contribution in [2.24, 2.45) is 0 Å². The van der Waals surface area contributed by atoms with Gasteiger partial charge in [0.2, 0.25) is 12.7 Å². The third-order valence-electron chi connectivity index (χ3n) is 8.03. The molecule has 1 amide bonds. The number of carbonyl (C=O) groups excluding carboxylic acids is 2. The molecular weight excluding hydrogens is 633 g/mol. The Balaban J connectivity index is 0.000000205. The third-order valence-corrected chi connectivity index (χ3v) is 12.0. The minimum atomic E-state index is -0.743. The SMILES string of the molecule is CCCCCCCC[S+]([O-])C(C)Cc1ccc2c(c1)OCO2.COC(=O)[C@@H]1N2C(=O)C(NSOc3ccccc3)[C@H]2SC1(C)C. The van der Waals surface area contributed by atoms with Gasteiger partial charge >= 0.3 is 5.97 Å². The summed E-state index contributed by atoms with van der Waals surface area (Å²) in [5.41, 5.74) is 1.17. The normalized spacial score (nSPS) is 22.0. The van der Waals surface area contributed by atoms with Gasteiger partial charge in [0.25, 0.3) is 0 Å². The summed E-state index contributed by atoms with van der Waals surface area (Å²) < 4.78 is 36.0. The van der Waals surface area contributed by atoms with Crippen LogP contribution in [0.25, 0.3) is 0 Å². The van der Waals surface area contributed by atoms with E-state index < -0.39 is 17.2 Å². The molecule has 0 bridgehead atoms. The highest BCUT2D eigenvalue weighted by molar-refractivity contribution is 8.01. The molecule has 2 aromatic rings. The van der Waals surface area contributed by atoms with E-state index in [9.17, 15) is 14.1 Å². The van der Waals surface area contributed by atoms with E-state index in [1.54, 1.807) is 16.7 Å². The fourth-order valence-electron chi connectivity index (χ4n) is 5.53. The van der Waals surface area contributed by atoms with Crippen molar-refractivity contribution in [2.75, 3.05) is 19.7 Å². The molecule has 9 nitrogen and oxygen atoms in total. The predicted molar refractivity (Wildman–Crippen MR) is 182 cm³/mol. The number of β-lactam (4-membered cyclic amide) rings is 1. The quantitative estimate of drug-likeness (QED) is 0.0578. The number of nitrogens with one attached hydrogen (secondary N) is 1. The number of benzene rings is 2. The minimum Gasteiger partial charge on any atom is -0.616 e. The van der Waals surface area contributed by atoms with Crippen LogP contribution in [0.1, 0.15) is 71.8 Å². The van der Waals surface area contributed by atoms with E-state index in [1.165, 1.54) is 44.8 Å². The first-order chi connectivity index (χ1) is 21.7. The number of unbranched alkanes of at least 4 members (excludes halogenated alkanes) is 5. The van der Waals surface area contributed by atoms with Gasteiger partial charge in [0.15, 0.2) is 11.5 Å². The van der Waals surface area contributed by atoms with Crippen LogP contribution in [0.4, 0.5) is 0 Å². The smallest absolute Gasteiger partial charge is 0.330 e. The van der Waals surface area contributed by atoms with Gasteiger partial charge in [-0.1, -0.05) is 68.0 Å². The number of nitrogens with zero attached hydrogens (tertiary/aromatic N) is 1. The Bertz CT molecular complexity index is 1250.